The van der Waals surface area contributed by atoms with E-state index < -0.39 is 97.5 Å². The maximum absolute atomic E-state index is 13.2. The van der Waals surface area contributed by atoms with Crippen LogP contribution in [0.1, 0.15) is 472 Å². The molecule has 107 heavy (non-hydrogen) atoms. The Morgan fingerprint density at radius 3 is 0.710 bits per heavy atom. The zero-order chi connectivity index (χ0) is 78.5. The third-order valence-corrected chi connectivity index (χ3v) is 23.0. The number of aliphatic hydroxyl groups is 1. The first kappa shape index (κ1) is 105. The van der Waals surface area contributed by atoms with Crippen LogP contribution in [0.15, 0.2) is 0 Å². The zero-order valence-corrected chi connectivity index (χ0v) is 72.2. The van der Waals surface area contributed by atoms with E-state index in [9.17, 15) is 43.2 Å². The Labute approximate surface area is 658 Å². The molecule has 0 aromatic rings. The molecule has 0 saturated heterocycles. The van der Waals surface area contributed by atoms with Crippen molar-refractivity contribution in [1.29, 1.82) is 0 Å². The van der Waals surface area contributed by atoms with E-state index in [0.29, 0.717) is 25.7 Å². The number of rotatable bonds is 87. The van der Waals surface area contributed by atoms with Gasteiger partial charge >= 0.3 is 39.5 Å². The van der Waals surface area contributed by atoms with E-state index in [1.807, 2.05) is 0 Å². The molecule has 0 spiro atoms. The van der Waals surface area contributed by atoms with Crippen molar-refractivity contribution >= 4 is 39.5 Å². The smallest absolute Gasteiger partial charge is 0.462 e. The van der Waals surface area contributed by atoms with Crippen molar-refractivity contribution in [3.63, 3.8) is 0 Å². The number of aliphatic hydroxyl groups excluding tert-OH is 1. The highest BCUT2D eigenvalue weighted by molar-refractivity contribution is 7.47. The summed E-state index contributed by atoms with van der Waals surface area (Å²) in [6.45, 7) is 9.75. The fourth-order valence-corrected chi connectivity index (χ4v) is 15.3. The zero-order valence-electron chi connectivity index (χ0n) is 70.5. The molecule has 0 rings (SSSR count). The lowest BCUT2D eigenvalue weighted by atomic mass is 9.99. The van der Waals surface area contributed by atoms with Crippen molar-refractivity contribution in [3.8, 4) is 0 Å². The Hall–Kier alpha value is -1.94. The number of carbonyl (C=O) groups is 4. The number of carbonyl (C=O) groups excluding carboxylic acids is 4. The summed E-state index contributed by atoms with van der Waals surface area (Å²) in [7, 11) is -9.93. The second kappa shape index (κ2) is 79.3. The molecule has 0 aromatic heterocycles. The molecule has 0 aromatic carbocycles. The summed E-state index contributed by atoms with van der Waals surface area (Å²) in [6.07, 6.45) is 72.3. The molecule has 6 atom stereocenters. The lowest BCUT2D eigenvalue weighted by molar-refractivity contribution is -0.161. The highest BCUT2D eigenvalue weighted by Crippen LogP contribution is 2.45. The number of esters is 4. The van der Waals surface area contributed by atoms with Crippen LogP contribution in [0.25, 0.3) is 0 Å². The molecule has 0 fully saturated rings. The highest BCUT2D eigenvalue weighted by atomic mass is 31.2. The van der Waals surface area contributed by atoms with Gasteiger partial charge in [0.2, 0.25) is 0 Å². The summed E-state index contributed by atoms with van der Waals surface area (Å²) in [5.41, 5.74) is 0. The second-order valence-corrected chi connectivity index (χ2v) is 35.3. The standard InChI is InChI=1S/C88H172O17P2/c1-7-10-12-14-16-18-19-20-21-22-23-27-32-37-42-47-53-59-65-71-86(91)99-77-84(105-88(93)73-66-60-54-48-43-38-33-28-25-24-26-31-36-41-46-51-57-63-69-81(6)9-3)79-103-107(96,97)101-75-82(89)74-100-106(94,95)102-78-83(76-98-85(90)70-64-58-52-17-15-13-11-8-2)104-87(92)72-67-61-55-49-44-39-34-29-30-35-40-45-50-56-62-68-80(4)5/h80-84,89H,7-79H2,1-6H3,(H,94,95)(H,96,97)/t81?,82-,83+,84+/m0/s1. The predicted octanol–water partition coefficient (Wildman–Crippen LogP) is 27.0. The van der Waals surface area contributed by atoms with Crippen LogP contribution in [0.5, 0.6) is 0 Å². The molecule has 3 N–H and O–H groups in total. The maximum Gasteiger partial charge on any atom is 0.472 e. The summed E-state index contributed by atoms with van der Waals surface area (Å²) < 4.78 is 68.9. The van der Waals surface area contributed by atoms with Crippen LogP contribution in [-0.4, -0.2) is 96.7 Å². The van der Waals surface area contributed by atoms with Crippen LogP contribution in [0.3, 0.4) is 0 Å². The van der Waals surface area contributed by atoms with Crippen molar-refractivity contribution in [2.24, 2.45) is 11.8 Å². The molecule has 0 radical (unpaired) electrons. The normalized spacial score (nSPS) is 14.0. The van der Waals surface area contributed by atoms with Crippen molar-refractivity contribution in [1.82, 2.24) is 0 Å². The molecule has 0 heterocycles. The largest absolute Gasteiger partial charge is 0.472 e. The summed E-state index contributed by atoms with van der Waals surface area (Å²) in [5, 5.41) is 10.7. The monoisotopic (exact) mass is 1560 g/mol. The number of hydrogen-bond acceptors (Lipinski definition) is 15. The quantitative estimate of drug-likeness (QED) is 0.0222. The van der Waals surface area contributed by atoms with Gasteiger partial charge in [-0.25, -0.2) is 9.13 Å². The van der Waals surface area contributed by atoms with Crippen LogP contribution in [0.4, 0.5) is 0 Å². The molecular weight excluding hydrogens is 1390 g/mol. The van der Waals surface area contributed by atoms with Crippen LogP contribution in [-0.2, 0) is 65.4 Å². The molecule has 0 bridgehead atoms. The minimum Gasteiger partial charge on any atom is -0.462 e. The van der Waals surface area contributed by atoms with Crippen LogP contribution < -0.4 is 0 Å². The van der Waals surface area contributed by atoms with Crippen molar-refractivity contribution < 1.29 is 80.2 Å². The summed E-state index contributed by atoms with van der Waals surface area (Å²) >= 11 is 0. The minimum absolute atomic E-state index is 0.108. The first-order valence-corrected chi connectivity index (χ1v) is 48.5. The average molecular weight is 1560 g/mol. The number of phosphoric acid groups is 2. The number of ether oxygens (including phenoxy) is 4. The summed E-state index contributed by atoms with van der Waals surface area (Å²) in [6, 6.07) is 0. The Morgan fingerprint density at radius 1 is 0.271 bits per heavy atom. The fourth-order valence-electron chi connectivity index (χ4n) is 13.7. The second-order valence-electron chi connectivity index (χ2n) is 32.4. The van der Waals surface area contributed by atoms with E-state index >= 15 is 0 Å². The van der Waals surface area contributed by atoms with Gasteiger partial charge in [-0.3, -0.25) is 37.3 Å². The maximum atomic E-state index is 13.2. The predicted molar refractivity (Wildman–Crippen MR) is 442 cm³/mol. The third kappa shape index (κ3) is 80.5. The Kier molecular flexibility index (Phi) is 77.9. The third-order valence-electron chi connectivity index (χ3n) is 21.1. The van der Waals surface area contributed by atoms with Crippen molar-refractivity contribution in [2.45, 2.75) is 490 Å². The molecule has 19 heteroatoms. The molecule has 3 unspecified atom stereocenters. The van der Waals surface area contributed by atoms with E-state index in [0.717, 1.165) is 108 Å². The van der Waals surface area contributed by atoms with Gasteiger partial charge < -0.3 is 33.8 Å². The van der Waals surface area contributed by atoms with Gasteiger partial charge in [0, 0.05) is 25.7 Å². The molecule has 636 valence electrons. The highest BCUT2D eigenvalue weighted by Gasteiger charge is 2.31. The first-order chi connectivity index (χ1) is 51.9. The van der Waals surface area contributed by atoms with Gasteiger partial charge in [-0.1, -0.05) is 420 Å². The van der Waals surface area contributed by atoms with Crippen molar-refractivity contribution in [3.05, 3.63) is 0 Å². The van der Waals surface area contributed by atoms with E-state index in [1.165, 1.54) is 283 Å². The summed E-state index contributed by atoms with van der Waals surface area (Å²) in [5.74, 6) is -0.428. The molecule has 17 nitrogen and oxygen atoms in total. The van der Waals surface area contributed by atoms with E-state index in [2.05, 4.69) is 41.5 Å². The van der Waals surface area contributed by atoms with Crippen LogP contribution in [0.2, 0.25) is 0 Å². The van der Waals surface area contributed by atoms with Gasteiger partial charge in [-0.15, -0.1) is 0 Å². The fraction of sp³-hybridized carbons (Fsp3) is 0.955. The van der Waals surface area contributed by atoms with Gasteiger partial charge in [0.25, 0.3) is 0 Å². The summed E-state index contributed by atoms with van der Waals surface area (Å²) in [4.78, 5) is 73.2. The van der Waals surface area contributed by atoms with Gasteiger partial charge in [0.1, 0.15) is 19.3 Å². The lowest BCUT2D eigenvalue weighted by Crippen LogP contribution is -2.30. The van der Waals surface area contributed by atoms with Gasteiger partial charge in [-0.05, 0) is 37.5 Å². The van der Waals surface area contributed by atoms with Gasteiger partial charge in [-0.2, -0.15) is 0 Å². The van der Waals surface area contributed by atoms with Gasteiger partial charge in [0.15, 0.2) is 12.2 Å². The van der Waals surface area contributed by atoms with E-state index in [1.54, 1.807) is 0 Å². The molecule has 0 aliphatic rings. The average Bonchev–Trinajstić information content (AvgIpc) is 0.901. The van der Waals surface area contributed by atoms with Crippen molar-refractivity contribution in [2.75, 3.05) is 39.6 Å². The Bertz CT molecular complexity index is 2050. The number of hydrogen-bond donors (Lipinski definition) is 3. The Balaban J connectivity index is 5.18. The molecular formula is C88H172O17P2. The first-order valence-electron chi connectivity index (χ1n) is 45.5. The van der Waals surface area contributed by atoms with Crippen LogP contribution in [0, 0.1) is 11.8 Å². The van der Waals surface area contributed by atoms with Crippen LogP contribution >= 0.6 is 15.6 Å². The minimum atomic E-state index is -4.97. The molecule has 0 aliphatic carbocycles. The lowest BCUT2D eigenvalue weighted by Gasteiger charge is -2.21. The SMILES string of the molecule is CCCCCCCCCCCCCCCCCCCCCC(=O)OC[C@H](COP(=O)(O)OC[C@@H](O)COP(=O)(O)OC[C@@H](COC(=O)CCCCCCCCCC)OC(=O)CCCCCCCCCCCCCCCCCC(C)C)OC(=O)CCCCCCCCCCCCCCCCCCCCC(C)CC. The van der Waals surface area contributed by atoms with E-state index in [-0.39, 0.29) is 25.7 Å². The topological polar surface area (TPSA) is 237 Å². The number of phosphoric ester groups is 2. The van der Waals surface area contributed by atoms with E-state index in [4.69, 9.17) is 37.0 Å². The Morgan fingerprint density at radius 2 is 0.477 bits per heavy atom. The van der Waals surface area contributed by atoms with Gasteiger partial charge in [0.05, 0.1) is 26.4 Å². The molecule has 0 aliphatic heterocycles. The molecule has 0 amide bonds. The molecule has 0 saturated carbocycles. The number of unbranched alkanes of at least 4 members (excludes halogenated alkanes) is 56.